The van der Waals surface area contributed by atoms with Gasteiger partial charge in [0.1, 0.15) is 5.82 Å². The van der Waals surface area contributed by atoms with Crippen molar-refractivity contribution in [3.8, 4) is 0 Å². The molecule has 2 bridgehead atoms. The molecule has 1 N–H and O–H groups in total. The van der Waals surface area contributed by atoms with E-state index in [-0.39, 0.29) is 29.7 Å². The molecular weight excluding hydrogens is 307 g/mol. The summed E-state index contributed by atoms with van der Waals surface area (Å²) in [5, 5.41) is 0. The van der Waals surface area contributed by atoms with E-state index in [4.69, 9.17) is 0 Å². The topological polar surface area (TPSA) is 66.5 Å². The van der Waals surface area contributed by atoms with Gasteiger partial charge in [0.15, 0.2) is 0 Å². The Morgan fingerprint density at radius 2 is 2.09 bits per heavy atom. The smallest absolute Gasteiger partial charge is 0.254 e. The van der Waals surface area contributed by atoms with E-state index in [1.165, 1.54) is 6.07 Å². The second-order valence-corrected chi connectivity index (χ2v) is 8.08. The van der Waals surface area contributed by atoms with Crippen molar-refractivity contribution in [1.82, 2.24) is 9.62 Å². The van der Waals surface area contributed by atoms with Crippen molar-refractivity contribution in [3.63, 3.8) is 0 Å². The van der Waals surface area contributed by atoms with Gasteiger partial charge in [-0.3, -0.25) is 4.79 Å². The molecule has 1 aromatic rings. The van der Waals surface area contributed by atoms with Gasteiger partial charge < -0.3 is 4.90 Å². The summed E-state index contributed by atoms with van der Waals surface area (Å²) in [6.45, 7) is 2.18. The zero-order valence-electron chi connectivity index (χ0n) is 12.5. The maximum atomic E-state index is 13.6. The van der Waals surface area contributed by atoms with Crippen LogP contribution in [-0.2, 0) is 10.0 Å². The van der Waals surface area contributed by atoms with Crippen LogP contribution in [0.5, 0.6) is 0 Å². The lowest BCUT2D eigenvalue weighted by Crippen LogP contribution is -2.47. The first-order valence-corrected chi connectivity index (χ1v) is 9.18. The number of rotatable bonds is 3. The number of amides is 1. The largest absolute Gasteiger partial charge is 0.335 e. The minimum Gasteiger partial charge on any atom is -0.335 e. The lowest BCUT2D eigenvalue weighted by Gasteiger charge is -2.31. The number of carbonyl (C=O) groups excluding carboxylic acids is 1. The van der Waals surface area contributed by atoms with Crippen LogP contribution < -0.4 is 4.72 Å². The highest BCUT2D eigenvalue weighted by Crippen LogP contribution is 2.38. The number of nitrogens with zero attached hydrogens (tertiary/aromatic N) is 1. The molecule has 0 radical (unpaired) electrons. The third-order valence-corrected chi connectivity index (χ3v) is 5.32. The highest BCUT2D eigenvalue weighted by Gasteiger charge is 2.47. The highest BCUT2D eigenvalue weighted by molar-refractivity contribution is 7.88. The minimum atomic E-state index is -3.23. The second kappa shape index (κ2) is 5.31. The van der Waals surface area contributed by atoms with Crippen LogP contribution in [0.2, 0.25) is 0 Å². The summed E-state index contributed by atoms with van der Waals surface area (Å²) in [5.41, 5.74) is 0.861. The molecule has 3 rings (SSSR count). The molecule has 22 heavy (non-hydrogen) atoms. The van der Waals surface area contributed by atoms with E-state index in [0.29, 0.717) is 24.1 Å². The maximum absolute atomic E-state index is 13.6. The first-order valence-electron chi connectivity index (χ1n) is 7.29. The molecular formula is C15H19FN2O3S. The third kappa shape index (κ3) is 2.87. The fourth-order valence-electron chi connectivity index (χ4n) is 3.51. The number of nitrogens with one attached hydrogen (secondary N) is 1. The summed E-state index contributed by atoms with van der Waals surface area (Å²) in [7, 11) is -3.23. The molecule has 1 heterocycles. The number of likely N-dealkylation sites (tertiary alicyclic amines) is 1. The Morgan fingerprint density at radius 1 is 1.36 bits per heavy atom. The molecule has 5 nitrogen and oxygen atoms in total. The summed E-state index contributed by atoms with van der Waals surface area (Å²) in [6.07, 6.45) is 2.57. The molecule has 7 heteroatoms. The fourth-order valence-corrected chi connectivity index (χ4v) is 4.35. The van der Waals surface area contributed by atoms with Crippen LogP contribution in [0, 0.1) is 18.7 Å². The van der Waals surface area contributed by atoms with E-state index in [1.807, 2.05) is 0 Å². The number of aryl methyl sites for hydroxylation is 1. The molecule has 1 aliphatic carbocycles. The molecule has 1 aliphatic heterocycles. The van der Waals surface area contributed by atoms with Crippen LogP contribution >= 0.6 is 0 Å². The average Bonchev–Trinajstić information content (AvgIpc) is 2.98. The molecule has 120 valence electrons. The lowest BCUT2D eigenvalue weighted by molar-refractivity contribution is 0.0691. The van der Waals surface area contributed by atoms with Crippen molar-refractivity contribution in [2.45, 2.75) is 31.8 Å². The van der Waals surface area contributed by atoms with Gasteiger partial charge in [0, 0.05) is 24.2 Å². The zero-order valence-corrected chi connectivity index (χ0v) is 13.4. The monoisotopic (exact) mass is 326 g/mol. The molecule has 2 fully saturated rings. The van der Waals surface area contributed by atoms with Gasteiger partial charge in [-0.15, -0.1) is 0 Å². The molecule has 3 atom stereocenters. The number of sulfonamides is 1. The van der Waals surface area contributed by atoms with E-state index in [0.717, 1.165) is 12.7 Å². The van der Waals surface area contributed by atoms with Crippen LogP contribution in [0.4, 0.5) is 4.39 Å². The Kier molecular flexibility index (Phi) is 3.72. The first kappa shape index (κ1) is 15.4. The average molecular weight is 326 g/mol. The van der Waals surface area contributed by atoms with Gasteiger partial charge >= 0.3 is 0 Å². The van der Waals surface area contributed by atoms with E-state index >= 15 is 0 Å². The predicted octanol–water partition coefficient (Wildman–Crippen LogP) is 1.29. The Hall–Kier alpha value is -1.47. The van der Waals surface area contributed by atoms with E-state index in [9.17, 15) is 17.6 Å². The number of fused-ring (bicyclic) bond motifs is 2. The Labute approximate surface area is 129 Å². The van der Waals surface area contributed by atoms with Crippen LogP contribution in [0.1, 0.15) is 28.8 Å². The van der Waals surface area contributed by atoms with Gasteiger partial charge in [-0.05, 0) is 43.4 Å². The third-order valence-electron chi connectivity index (χ3n) is 4.59. The van der Waals surface area contributed by atoms with Crippen molar-refractivity contribution >= 4 is 15.9 Å². The van der Waals surface area contributed by atoms with Crippen LogP contribution in [0.25, 0.3) is 0 Å². The summed E-state index contributed by atoms with van der Waals surface area (Å²) in [6, 6.07) is 4.44. The van der Waals surface area contributed by atoms with Gasteiger partial charge in [0.2, 0.25) is 10.0 Å². The van der Waals surface area contributed by atoms with Gasteiger partial charge in [-0.2, -0.15) is 0 Å². The Morgan fingerprint density at radius 3 is 2.64 bits per heavy atom. The lowest BCUT2D eigenvalue weighted by atomic mass is 10.0. The summed E-state index contributed by atoms with van der Waals surface area (Å²) in [4.78, 5) is 14.3. The standard InChI is InChI=1S/C15H19FN2O3S/c1-9-3-4-10(6-13(9)16)15(19)18-8-11-5-12(18)7-14(11)17-22(2,20)21/h3-4,6,11-12,14,17H,5,7-8H2,1-2H3. The van der Waals surface area contributed by atoms with Gasteiger partial charge in [-0.1, -0.05) is 6.07 Å². The Balaban J connectivity index is 1.72. The second-order valence-electron chi connectivity index (χ2n) is 6.30. The van der Waals surface area contributed by atoms with Crippen molar-refractivity contribution in [2.75, 3.05) is 12.8 Å². The molecule has 3 unspecified atom stereocenters. The SMILES string of the molecule is Cc1ccc(C(=O)N2CC3CC2CC3NS(C)(=O)=O)cc1F. The Bertz CT molecular complexity index is 719. The fraction of sp³-hybridized carbons (Fsp3) is 0.533. The summed E-state index contributed by atoms with van der Waals surface area (Å²) < 4.78 is 38.9. The number of halogens is 1. The van der Waals surface area contributed by atoms with E-state index in [1.54, 1.807) is 24.0 Å². The van der Waals surface area contributed by atoms with E-state index < -0.39 is 10.0 Å². The highest BCUT2D eigenvalue weighted by atomic mass is 32.2. The molecule has 1 saturated carbocycles. The summed E-state index contributed by atoms with van der Waals surface area (Å²) in [5.74, 6) is -0.421. The molecule has 1 amide bonds. The van der Waals surface area contributed by atoms with Crippen LogP contribution in [-0.4, -0.2) is 44.1 Å². The van der Waals surface area contributed by atoms with Crippen molar-refractivity contribution < 1.29 is 17.6 Å². The quantitative estimate of drug-likeness (QED) is 0.910. The van der Waals surface area contributed by atoms with Crippen LogP contribution in [0.15, 0.2) is 18.2 Å². The van der Waals surface area contributed by atoms with Gasteiger partial charge in [0.25, 0.3) is 5.91 Å². The zero-order chi connectivity index (χ0) is 16.1. The van der Waals surface area contributed by atoms with Crippen molar-refractivity contribution in [1.29, 1.82) is 0 Å². The molecule has 1 aromatic carbocycles. The van der Waals surface area contributed by atoms with Gasteiger partial charge in [0.05, 0.1) is 6.26 Å². The van der Waals surface area contributed by atoms with Gasteiger partial charge in [-0.25, -0.2) is 17.5 Å². The molecule has 1 saturated heterocycles. The maximum Gasteiger partial charge on any atom is 0.254 e. The normalized spacial score (nSPS) is 27.4. The van der Waals surface area contributed by atoms with E-state index in [2.05, 4.69) is 4.72 Å². The van der Waals surface area contributed by atoms with Crippen molar-refractivity contribution in [2.24, 2.45) is 5.92 Å². The number of piperidine rings is 1. The molecule has 0 spiro atoms. The predicted molar refractivity (Wildman–Crippen MR) is 80.5 cm³/mol. The van der Waals surface area contributed by atoms with Crippen molar-refractivity contribution in [3.05, 3.63) is 35.1 Å². The number of carbonyl (C=O) groups is 1. The minimum absolute atomic E-state index is 0.0288. The number of benzene rings is 1. The first-order chi connectivity index (χ1) is 10.2. The number of hydrogen-bond donors (Lipinski definition) is 1. The number of hydrogen-bond acceptors (Lipinski definition) is 3. The molecule has 0 aromatic heterocycles. The summed E-state index contributed by atoms with van der Waals surface area (Å²) >= 11 is 0. The van der Waals surface area contributed by atoms with Crippen LogP contribution in [0.3, 0.4) is 0 Å². The molecule has 2 aliphatic rings.